The van der Waals surface area contributed by atoms with Crippen molar-refractivity contribution in [2.45, 2.75) is 0 Å². The van der Waals surface area contributed by atoms with Crippen molar-refractivity contribution in [3.05, 3.63) is 170 Å². The number of fused-ring (bicyclic) bond motifs is 2. The molecule has 0 aliphatic heterocycles. The van der Waals surface area contributed by atoms with Gasteiger partial charge >= 0.3 is 0 Å². The molecule has 0 bridgehead atoms. The van der Waals surface area contributed by atoms with E-state index in [9.17, 15) is 5.11 Å². The summed E-state index contributed by atoms with van der Waals surface area (Å²) in [6.07, 6.45) is 1.86. The number of aromatic nitrogens is 2. The Hall–Kier alpha value is -5.57. The van der Waals surface area contributed by atoms with Crippen molar-refractivity contribution in [1.29, 1.82) is 0 Å². The molecule has 1 N–H and O–H groups in total. The first-order chi connectivity index (χ1) is 22.7. The molecule has 5 heteroatoms. The number of pyridine rings is 2. The molecule has 2 aromatic heterocycles. The number of aromatic hydroxyl groups is 1. The minimum Gasteiger partial charge on any atom is -0.507 e. The van der Waals surface area contributed by atoms with Crippen LogP contribution in [0.4, 0.5) is 17.2 Å². The van der Waals surface area contributed by atoms with Crippen LogP contribution in [0.1, 0.15) is 0 Å². The number of phenolic OH excluding ortho intramolecular Hbond substituents is 1. The van der Waals surface area contributed by atoms with Gasteiger partial charge in [0.1, 0.15) is 11.6 Å². The normalized spacial score (nSPS) is 10.9. The maximum absolute atomic E-state index is 10.9. The van der Waals surface area contributed by atoms with Crippen LogP contribution in [0.15, 0.2) is 164 Å². The van der Waals surface area contributed by atoms with Crippen LogP contribution in [0.2, 0.25) is 0 Å². The number of nitrogens with zero attached hydrogens (tertiary/aromatic N) is 3. The Morgan fingerprint density at radius 2 is 1.23 bits per heavy atom. The number of benzene rings is 6. The predicted molar refractivity (Wildman–Crippen MR) is 189 cm³/mol. The fraction of sp³-hybridized carbons (Fsp3) is 0. The van der Waals surface area contributed by atoms with Gasteiger partial charge in [0.25, 0.3) is 0 Å². The predicted octanol–water partition coefficient (Wildman–Crippen LogP) is 10.8. The summed E-state index contributed by atoms with van der Waals surface area (Å²) in [7, 11) is 0. The van der Waals surface area contributed by atoms with E-state index >= 15 is 0 Å². The molecule has 2 heterocycles. The largest absolute Gasteiger partial charge is 0.507 e. The number of phenols is 1. The van der Waals surface area contributed by atoms with Crippen LogP contribution in [-0.4, -0.2) is 15.1 Å². The molecule has 0 radical (unpaired) electrons. The third-order valence-corrected chi connectivity index (χ3v) is 8.31. The zero-order valence-electron chi connectivity index (χ0n) is 25.2. The quantitative estimate of drug-likeness (QED) is 0.171. The van der Waals surface area contributed by atoms with E-state index in [4.69, 9.17) is 9.97 Å². The minimum absolute atomic E-state index is 0. The number of anilines is 3. The molecule has 0 aliphatic carbocycles. The standard InChI is InChI=1S/C42H28N3O.Pt/c46-40-23-9-8-21-37(40)41-35(30-12-2-1-3-13-30)24-25-38(44-41)32-17-10-18-33(28-32)45(39-22-11-16-29-14-4-6-19-34(29)39)42-36-20-7-5-15-31(36)26-27-43-42;/h1-27,46H;/q-1;. The molecule has 8 rings (SSSR count). The first-order valence-corrected chi connectivity index (χ1v) is 15.2. The van der Waals surface area contributed by atoms with Gasteiger partial charge in [0.2, 0.25) is 0 Å². The summed E-state index contributed by atoms with van der Waals surface area (Å²) in [6.45, 7) is 0. The second kappa shape index (κ2) is 13.0. The molecule has 6 aromatic carbocycles. The van der Waals surface area contributed by atoms with Crippen molar-refractivity contribution in [2.24, 2.45) is 0 Å². The minimum atomic E-state index is 0. The molecule has 8 aromatic rings. The van der Waals surface area contributed by atoms with Crippen LogP contribution in [-0.2, 0) is 21.1 Å². The molecule has 0 saturated heterocycles. The van der Waals surface area contributed by atoms with Gasteiger partial charge in [-0.2, -0.15) is 0 Å². The van der Waals surface area contributed by atoms with Crippen molar-refractivity contribution in [3.63, 3.8) is 0 Å². The van der Waals surface area contributed by atoms with Crippen molar-refractivity contribution >= 4 is 38.7 Å². The molecule has 0 spiro atoms. The summed E-state index contributed by atoms with van der Waals surface area (Å²) in [5.74, 6) is 1.01. The molecule has 0 amide bonds. The van der Waals surface area contributed by atoms with Gasteiger partial charge in [0.05, 0.1) is 11.4 Å². The molecule has 0 fully saturated rings. The van der Waals surface area contributed by atoms with Gasteiger partial charge in [-0.05, 0) is 52.0 Å². The Morgan fingerprint density at radius 3 is 2.06 bits per heavy atom. The van der Waals surface area contributed by atoms with Crippen molar-refractivity contribution < 1.29 is 26.2 Å². The average molecular weight is 786 g/mol. The van der Waals surface area contributed by atoms with E-state index in [2.05, 4.69) is 89.8 Å². The molecule has 4 nitrogen and oxygen atoms in total. The van der Waals surface area contributed by atoms with Gasteiger partial charge < -0.3 is 10.0 Å². The van der Waals surface area contributed by atoms with Gasteiger partial charge in [0, 0.05) is 49.2 Å². The Labute approximate surface area is 287 Å². The number of hydrogen-bond donors (Lipinski definition) is 1. The Morgan fingerprint density at radius 1 is 0.553 bits per heavy atom. The first-order valence-electron chi connectivity index (χ1n) is 15.2. The molecule has 0 saturated carbocycles. The SMILES string of the molecule is Oc1ccccc1-c1nc(-c2[c-]c(N(c3cccc4ccccc34)c3nccc4ccccc34)ccc2)ccc1-c1ccccc1.[Pt]. The van der Waals surface area contributed by atoms with Gasteiger partial charge in [-0.15, -0.1) is 29.8 Å². The third kappa shape index (κ3) is 5.69. The summed E-state index contributed by atoms with van der Waals surface area (Å²) < 4.78 is 0. The van der Waals surface area contributed by atoms with Crippen LogP contribution >= 0.6 is 0 Å². The van der Waals surface area contributed by atoms with E-state index in [1.807, 2.05) is 79.0 Å². The average Bonchev–Trinajstić information content (AvgIpc) is 3.12. The molecule has 0 aliphatic rings. The Bertz CT molecular complexity index is 2270. The topological polar surface area (TPSA) is 49.3 Å². The first kappa shape index (κ1) is 30.1. The van der Waals surface area contributed by atoms with Gasteiger partial charge in [-0.1, -0.05) is 115 Å². The molecule has 47 heavy (non-hydrogen) atoms. The maximum Gasteiger partial charge on any atom is 0.144 e. The van der Waals surface area contributed by atoms with E-state index in [1.54, 1.807) is 6.07 Å². The van der Waals surface area contributed by atoms with Crippen LogP contribution in [0.25, 0.3) is 55.2 Å². The zero-order valence-corrected chi connectivity index (χ0v) is 27.5. The second-order valence-corrected chi connectivity index (χ2v) is 11.1. The zero-order chi connectivity index (χ0) is 30.9. The van der Waals surface area contributed by atoms with E-state index in [-0.39, 0.29) is 26.8 Å². The van der Waals surface area contributed by atoms with Gasteiger partial charge in [-0.3, -0.25) is 4.98 Å². The second-order valence-electron chi connectivity index (χ2n) is 11.1. The van der Waals surface area contributed by atoms with E-state index < -0.39 is 0 Å². The molecule has 0 unspecified atom stereocenters. The Kier molecular flexibility index (Phi) is 8.35. The smallest absolute Gasteiger partial charge is 0.144 e. The molecular formula is C42H28N3OPt-. The molecular weight excluding hydrogens is 758 g/mol. The summed E-state index contributed by atoms with van der Waals surface area (Å²) in [6, 6.07) is 56.6. The third-order valence-electron chi connectivity index (χ3n) is 8.31. The van der Waals surface area contributed by atoms with Crippen LogP contribution < -0.4 is 4.90 Å². The number of hydrogen-bond acceptors (Lipinski definition) is 4. The number of rotatable bonds is 6. The molecule has 0 atom stereocenters. The van der Waals surface area contributed by atoms with Crippen molar-refractivity contribution in [3.8, 4) is 39.4 Å². The number of para-hydroxylation sites is 1. The van der Waals surface area contributed by atoms with E-state index in [0.717, 1.165) is 61.1 Å². The maximum atomic E-state index is 10.9. The summed E-state index contributed by atoms with van der Waals surface area (Å²) >= 11 is 0. The van der Waals surface area contributed by atoms with E-state index in [1.165, 1.54) is 0 Å². The summed E-state index contributed by atoms with van der Waals surface area (Å²) in [5, 5.41) is 15.3. The van der Waals surface area contributed by atoms with Crippen molar-refractivity contribution in [1.82, 2.24) is 9.97 Å². The van der Waals surface area contributed by atoms with E-state index in [0.29, 0.717) is 11.3 Å². The monoisotopic (exact) mass is 785 g/mol. The fourth-order valence-corrected chi connectivity index (χ4v) is 6.12. The summed E-state index contributed by atoms with van der Waals surface area (Å²) in [5.41, 5.74) is 6.80. The van der Waals surface area contributed by atoms with Crippen molar-refractivity contribution in [2.75, 3.05) is 4.90 Å². The Balaban J connectivity index is 0.00000351. The van der Waals surface area contributed by atoms with Gasteiger partial charge in [0.15, 0.2) is 0 Å². The van der Waals surface area contributed by atoms with Crippen LogP contribution in [0.3, 0.4) is 0 Å². The van der Waals surface area contributed by atoms with Crippen LogP contribution in [0, 0.1) is 6.07 Å². The fourth-order valence-electron chi connectivity index (χ4n) is 6.12. The molecule has 228 valence electrons. The van der Waals surface area contributed by atoms with Gasteiger partial charge in [-0.25, -0.2) is 4.98 Å². The van der Waals surface area contributed by atoms with Crippen LogP contribution in [0.5, 0.6) is 5.75 Å². The summed E-state index contributed by atoms with van der Waals surface area (Å²) in [4.78, 5) is 12.3.